The fourth-order valence-corrected chi connectivity index (χ4v) is 2.20. The maximum Gasteiger partial charge on any atom is 0.165 e. The molecule has 90 valence electrons. The average molecular weight is 229 g/mol. The molecule has 0 saturated heterocycles. The van der Waals surface area contributed by atoms with Crippen molar-refractivity contribution < 1.29 is 4.79 Å². The molecule has 2 aromatic rings. The Morgan fingerprint density at radius 2 is 2.06 bits per heavy atom. The Morgan fingerprint density at radius 1 is 1.35 bits per heavy atom. The Hall–Kier alpha value is -1.57. The Labute approximate surface area is 102 Å². The van der Waals surface area contributed by atoms with Crippen LogP contribution in [0.3, 0.4) is 0 Å². The van der Waals surface area contributed by atoms with Gasteiger partial charge >= 0.3 is 0 Å². The second-order valence-corrected chi connectivity index (χ2v) is 5.20. The molecule has 1 heterocycles. The first-order valence-electron chi connectivity index (χ1n) is 6.08. The van der Waals surface area contributed by atoms with Crippen LogP contribution in [0.5, 0.6) is 0 Å². The van der Waals surface area contributed by atoms with E-state index >= 15 is 0 Å². The van der Waals surface area contributed by atoms with Gasteiger partial charge in [-0.05, 0) is 24.5 Å². The highest BCUT2D eigenvalue weighted by Crippen LogP contribution is 2.23. The molecule has 2 rings (SSSR count). The van der Waals surface area contributed by atoms with E-state index in [0.717, 1.165) is 16.5 Å². The van der Waals surface area contributed by atoms with Crippen molar-refractivity contribution in [1.82, 2.24) is 4.57 Å². The lowest BCUT2D eigenvalue weighted by Crippen LogP contribution is -2.02. The van der Waals surface area contributed by atoms with E-state index in [1.807, 2.05) is 17.8 Å². The zero-order valence-corrected chi connectivity index (χ0v) is 10.9. The maximum absolute atomic E-state index is 12.2. The van der Waals surface area contributed by atoms with Gasteiger partial charge < -0.3 is 4.57 Å². The normalized spacial score (nSPS) is 11.4. The van der Waals surface area contributed by atoms with Gasteiger partial charge in [-0.2, -0.15) is 0 Å². The van der Waals surface area contributed by atoms with Crippen molar-refractivity contribution in [3.05, 3.63) is 35.5 Å². The molecule has 0 bridgehead atoms. The van der Waals surface area contributed by atoms with Crippen LogP contribution in [0, 0.1) is 12.8 Å². The number of benzene rings is 1. The molecule has 0 saturated carbocycles. The van der Waals surface area contributed by atoms with E-state index in [9.17, 15) is 4.79 Å². The molecular formula is C15H19NO. The fraction of sp³-hybridized carbons (Fsp3) is 0.400. The molecule has 0 aliphatic carbocycles. The molecule has 0 amide bonds. The number of rotatable bonds is 3. The van der Waals surface area contributed by atoms with Crippen LogP contribution in [0.1, 0.15) is 36.2 Å². The van der Waals surface area contributed by atoms with Crippen molar-refractivity contribution in [3.63, 3.8) is 0 Å². The van der Waals surface area contributed by atoms with Crippen molar-refractivity contribution in [2.45, 2.75) is 27.2 Å². The summed E-state index contributed by atoms with van der Waals surface area (Å²) >= 11 is 0. The van der Waals surface area contributed by atoms with E-state index < -0.39 is 0 Å². The molecular weight excluding hydrogens is 210 g/mol. The van der Waals surface area contributed by atoms with Gasteiger partial charge in [-0.3, -0.25) is 4.79 Å². The highest BCUT2D eigenvalue weighted by molar-refractivity contribution is 6.08. The third kappa shape index (κ3) is 2.26. The molecule has 0 unspecified atom stereocenters. The third-order valence-electron chi connectivity index (χ3n) is 3.04. The van der Waals surface area contributed by atoms with Crippen LogP contribution in [-0.4, -0.2) is 10.4 Å². The molecule has 0 atom stereocenters. The lowest BCUT2D eigenvalue weighted by molar-refractivity contribution is 0.0969. The fourth-order valence-electron chi connectivity index (χ4n) is 2.20. The Bertz CT molecular complexity index is 564. The lowest BCUT2D eigenvalue weighted by Gasteiger charge is -2.02. The monoisotopic (exact) mass is 229 g/mol. The zero-order valence-electron chi connectivity index (χ0n) is 10.9. The number of Topliss-reactive ketones (excluding diaryl/α,β-unsaturated/α-hetero) is 1. The molecule has 0 aliphatic heterocycles. The van der Waals surface area contributed by atoms with Crippen molar-refractivity contribution in [2.24, 2.45) is 13.0 Å². The van der Waals surface area contributed by atoms with Gasteiger partial charge in [0, 0.05) is 36.1 Å². The summed E-state index contributed by atoms with van der Waals surface area (Å²) in [4.78, 5) is 12.2. The molecule has 0 aliphatic rings. The number of aromatic nitrogens is 1. The quantitative estimate of drug-likeness (QED) is 0.735. The van der Waals surface area contributed by atoms with Gasteiger partial charge in [-0.25, -0.2) is 0 Å². The summed E-state index contributed by atoms with van der Waals surface area (Å²) in [5.41, 5.74) is 3.22. The van der Waals surface area contributed by atoms with Gasteiger partial charge in [0.2, 0.25) is 0 Å². The number of carbonyl (C=O) groups is 1. The molecule has 1 aromatic carbocycles. The van der Waals surface area contributed by atoms with Gasteiger partial charge in [-0.1, -0.05) is 26.0 Å². The van der Waals surface area contributed by atoms with E-state index in [-0.39, 0.29) is 5.78 Å². The number of aryl methyl sites for hydroxylation is 2. The molecule has 0 fully saturated rings. The predicted octanol–water partition coefficient (Wildman–Crippen LogP) is 3.72. The van der Waals surface area contributed by atoms with Crippen molar-refractivity contribution in [1.29, 1.82) is 0 Å². The summed E-state index contributed by atoms with van der Waals surface area (Å²) in [6, 6.07) is 6.24. The molecule has 2 nitrogen and oxygen atoms in total. The molecule has 1 aromatic heterocycles. The zero-order chi connectivity index (χ0) is 12.6. The van der Waals surface area contributed by atoms with Crippen LogP contribution in [0.4, 0.5) is 0 Å². The van der Waals surface area contributed by atoms with Gasteiger partial charge in [-0.15, -0.1) is 0 Å². The number of hydrogen-bond donors (Lipinski definition) is 0. The van der Waals surface area contributed by atoms with Crippen molar-refractivity contribution >= 4 is 16.7 Å². The van der Waals surface area contributed by atoms with E-state index in [0.29, 0.717) is 12.3 Å². The van der Waals surface area contributed by atoms with Crippen LogP contribution in [0.2, 0.25) is 0 Å². The minimum absolute atomic E-state index is 0.245. The van der Waals surface area contributed by atoms with Crippen LogP contribution >= 0.6 is 0 Å². The number of ketones is 1. The van der Waals surface area contributed by atoms with Gasteiger partial charge in [0.25, 0.3) is 0 Å². The summed E-state index contributed by atoms with van der Waals surface area (Å²) in [6.07, 6.45) is 2.57. The average Bonchev–Trinajstić information content (AvgIpc) is 2.55. The molecule has 17 heavy (non-hydrogen) atoms. The number of fused-ring (bicyclic) bond motifs is 1. The summed E-state index contributed by atoms with van der Waals surface area (Å²) in [5, 5.41) is 1.07. The van der Waals surface area contributed by atoms with Crippen LogP contribution in [0.15, 0.2) is 24.4 Å². The highest BCUT2D eigenvalue weighted by atomic mass is 16.1. The van der Waals surface area contributed by atoms with Gasteiger partial charge in [0.05, 0.1) is 0 Å². The molecule has 0 radical (unpaired) electrons. The molecule has 0 spiro atoms. The van der Waals surface area contributed by atoms with E-state index in [1.54, 1.807) is 0 Å². The summed E-state index contributed by atoms with van der Waals surface area (Å²) in [7, 11) is 1.99. The Kier molecular flexibility index (Phi) is 3.05. The standard InChI is InChI=1S/C15H19NO/c1-10(2)7-15(17)13-9-16(4)14-8-11(3)5-6-12(13)14/h5-6,8-10H,7H2,1-4H3. The minimum atomic E-state index is 0.245. The summed E-state index contributed by atoms with van der Waals surface area (Å²) in [5.74, 6) is 0.651. The van der Waals surface area contributed by atoms with Crippen LogP contribution < -0.4 is 0 Å². The second-order valence-electron chi connectivity index (χ2n) is 5.20. The van der Waals surface area contributed by atoms with Gasteiger partial charge in [0.1, 0.15) is 0 Å². The van der Waals surface area contributed by atoms with E-state index in [2.05, 4.69) is 39.0 Å². The largest absolute Gasteiger partial charge is 0.350 e. The summed E-state index contributed by atoms with van der Waals surface area (Å²) < 4.78 is 2.04. The van der Waals surface area contributed by atoms with Crippen LogP contribution in [-0.2, 0) is 7.05 Å². The van der Waals surface area contributed by atoms with Crippen molar-refractivity contribution in [3.8, 4) is 0 Å². The minimum Gasteiger partial charge on any atom is -0.350 e. The van der Waals surface area contributed by atoms with Crippen LogP contribution in [0.25, 0.3) is 10.9 Å². The van der Waals surface area contributed by atoms with Crippen molar-refractivity contribution in [2.75, 3.05) is 0 Å². The Balaban J connectivity index is 2.52. The third-order valence-corrected chi connectivity index (χ3v) is 3.04. The lowest BCUT2D eigenvalue weighted by atomic mass is 10.0. The Morgan fingerprint density at radius 3 is 2.71 bits per heavy atom. The smallest absolute Gasteiger partial charge is 0.165 e. The maximum atomic E-state index is 12.2. The molecule has 0 N–H and O–H groups in total. The number of carbonyl (C=O) groups excluding carboxylic acids is 1. The SMILES string of the molecule is Cc1ccc2c(C(=O)CC(C)C)cn(C)c2c1. The summed E-state index contributed by atoms with van der Waals surface area (Å²) in [6.45, 7) is 6.22. The predicted molar refractivity (Wildman–Crippen MR) is 71.4 cm³/mol. The molecule has 2 heteroatoms. The first-order valence-corrected chi connectivity index (χ1v) is 6.08. The first kappa shape index (κ1) is 11.9. The highest BCUT2D eigenvalue weighted by Gasteiger charge is 2.14. The first-order chi connectivity index (χ1) is 7.99. The topological polar surface area (TPSA) is 22.0 Å². The number of hydrogen-bond acceptors (Lipinski definition) is 1. The van der Waals surface area contributed by atoms with E-state index in [1.165, 1.54) is 5.56 Å². The van der Waals surface area contributed by atoms with E-state index in [4.69, 9.17) is 0 Å². The van der Waals surface area contributed by atoms with Gasteiger partial charge in [0.15, 0.2) is 5.78 Å². The second kappa shape index (κ2) is 4.36. The number of nitrogens with zero attached hydrogens (tertiary/aromatic N) is 1.